The van der Waals surface area contributed by atoms with Crippen molar-refractivity contribution in [2.45, 2.75) is 20.8 Å². The molecule has 0 saturated carbocycles. The molecule has 0 aliphatic rings. The average Bonchev–Trinajstić information content (AvgIpc) is 3.02. The highest BCUT2D eigenvalue weighted by Gasteiger charge is 2.12. The van der Waals surface area contributed by atoms with E-state index in [0.717, 1.165) is 48.7 Å². The van der Waals surface area contributed by atoms with Crippen LogP contribution in [0.1, 0.15) is 19.4 Å². The molecule has 2 heterocycles. The molecule has 0 spiro atoms. The highest BCUT2D eigenvalue weighted by atomic mass is 15.3. The van der Waals surface area contributed by atoms with Gasteiger partial charge in [-0.3, -0.25) is 4.68 Å². The van der Waals surface area contributed by atoms with Crippen LogP contribution in [-0.4, -0.2) is 50.8 Å². The monoisotopic (exact) mass is 353 g/mol. The lowest BCUT2D eigenvalue weighted by Crippen LogP contribution is -2.29. The van der Waals surface area contributed by atoms with Gasteiger partial charge in [0.25, 0.3) is 0 Å². The summed E-state index contributed by atoms with van der Waals surface area (Å²) < 4.78 is 1.77. The van der Waals surface area contributed by atoms with Crippen molar-refractivity contribution in [3.8, 4) is 0 Å². The zero-order chi connectivity index (χ0) is 18.5. The number of anilines is 3. The van der Waals surface area contributed by atoms with Crippen LogP contribution in [0, 0.1) is 6.92 Å². The summed E-state index contributed by atoms with van der Waals surface area (Å²) in [5.41, 5.74) is 3.01. The van der Waals surface area contributed by atoms with Crippen molar-refractivity contribution in [3.05, 3.63) is 36.0 Å². The van der Waals surface area contributed by atoms with E-state index in [1.165, 1.54) is 5.56 Å². The predicted octanol–water partition coefficient (Wildman–Crippen LogP) is 3.17. The second kappa shape index (κ2) is 8.14. The topological polar surface area (TPSA) is 70.9 Å². The van der Waals surface area contributed by atoms with Crippen LogP contribution in [-0.2, 0) is 7.05 Å². The van der Waals surface area contributed by atoms with Gasteiger partial charge in [0.05, 0.1) is 11.6 Å². The van der Waals surface area contributed by atoms with Gasteiger partial charge in [-0.25, -0.2) is 0 Å². The lowest BCUT2D eigenvalue weighted by molar-refractivity contribution is 0.316. The van der Waals surface area contributed by atoms with E-state index in [0.29, 0.717) is 5.95 Å². The summed E-state index contributed by atoms with van der Waals surface area (Å²) in [5, 5.41) is 12.0. The summed E-state index contributed by atoms with van der Waals surface area (Å²) >= 11 is 0. The fraction of sp³-hybridized carbons (Fsp3) is 0.421. The third-order valence-electron chi connectivity index (χ3n) is 4.60. The molecular formula is C19H27N7. The molecule has 0 aliphatic heterocycles. The molecule has 138 valence electrons. The molecule has 26 heavy (non-hydrogen) atoms. The van der Waals surface area contributed by atoms with Crippen molar-refractivity contribution >= 4 is 28.5 Å². The summed E-state index contributed by atoms with van der Waals surface area (Å²) in [6, 6.07) is 8.17. The van der Waals surface area contributed by atoms with Gasteiger partial charge in [-0.15, -0.1) is 0 Å². The standard InChI is InChI=1S/C19H27N7/c1-5-26(6-2)12-11-20-19-23-17(15-13-21-25(4)18(15)24-19)22-16-10-8-7-9-14(16)3/h7-10,13H,5-6,11-12H2,1-4H3,(H2,20,22,23,24). The van der Waals surface area contributed by atoms with Gasteiger partial charge in [-0.2, -0.15) is 15.1 Å². The first-order valence-electron chi connectivity index (χ1n) is 9.11. The van der Waals surface area contributed by atoms with Gasteiger partial charge in [0.15, 0.2) is 5.65 Å². The highest BCUT2D eigenvalue weighted by molar-refractivity contribution is 5.89. The largest absolute Gasteiger partial charge is 0.353 e. The van der Waals surface area contributed by atoms with Gasteiger partial charge in [-0.05, 0) is 31.6 Å². The van der Waals surface area contributed by atoms with E-state index in [-0.39, 0.29) is 0 Å². The van der Waals surface area contributed by atoms with Gasteiger partial charge in [0.1, 0.15) is 5.82 Å². The molecule has 0 saturated heterocycles. The van der Waals surface area contributed by atoms with E-state index < -0.39 is 0 Å². The first-order chi connectivity index (χ1) is 12.6. The molecule has 0 fully saturated rings. The maximum absolute atomic E-state index is 4.69. The van der Waals surface area contributed by atoms with Crippen LogP contribution < -0.4 is 10.6 Å². The Bertz CT molecular complexity index is 867. The smallest absolute Gasteiger partial charge is 0.226 e. The van der Waals surface area contributed by atoms with E-state index >= 15 is 0 Å². The van der Waals surface area contributed by atoms with Crippen molar-refractivity contribution in [3.63, 3.8) is 0 Å². The Morgan fingerprint density at radius 2 is 1.88 bits per heavy atom. The fourth-order valence-corrected chi connectivity index (χ4v) is 2.90. The molecule has 0 aliphatic carbocycles. The Balaban J connectivity index is 1.86. The maximum Gasteiger partial charge on any atom is 0.226 e. The number of hydrogen-bond donors (Lipinski definition) is 2. The number of aryl methyl sites for hydroxylation is 2. The summed E-state index contributed by atoms with van der Waals surface area (Å²) in [6.45, 7) is 10.3. The highest BCUT2D eigenvalue weighted by Crippen LogP contribution is 2.26. The van der Waals surface area contributed by atoms with E-state index in [1.807, 2.05) is 25.2 Å². The minimum Gasteiger partial charge on any atom is -0.353 e. The summed E-state index contributed by atoms with van der Waals surface area (Å²) in [5.74, 6) is 1.38. The molecule has 3 aromatic rings. The molecule has 3 rings (SSSR count). The van der Waals surface area contributed by atoms with Crippen molar-refractivity contribution < 1.29 is 0 Å². The van der Waals surface area contributed by atoms with Crippen LogP contribution in [0.5, 0.6) is 0 Å². The normalized spacial score (nSPS) is 11.3. The molecule has 0 atom stereocenters. The van der Waals surface area contributed by atoms with E-state index in [9.17, 15) is 0 Å². The van der Waals surface area contributed by atoms with Gasteiger partial charge in [0, 0.05) is 25.8 Å². The number of para-hydroxylation sites is 1. The lowest BCUT2D eigenvalue weighted by atomic mass is 10.2. The first-order valence-corrected chi connectivity index (χ1v) is 9.11. The zero-order valence-corrected chi connectivity index (χ0v) is 16.0. The van der Waals surface area contributed by atoms with Crippen LogP contribution in [0.25, 0.3) is 11.0 Å². The number of hydrogen-bond acceptors (Lipinski definition) is 6. The van der Waals surface area contributed by atoms with Crippen molar-refractivity contribution in [2.24, 2.45) is 7.05 Å². The minimum absolute atomic E-state index is 0.615. The van der Waals surface area contributed by atoms with Crippen LogP contribution in [0.3, 0.4) is 0 Å². The number of aromatic nitrogens is 4. The van der Waals surface area contributed by atoms with E-state index in [2.05, 4.69) is 52.5 Å². The molecule has 0 bridgehead atoms. The van der Waals surface area contributed by atoms with Gasteiger partial charge in [0.2, 0.25) is 5.95 Å². The van der Waals surface area contributed by atoms with Crippen LogP contribution >= 0.6 is 0 Å². The number of benzene rings is 1. The lowest BCUT2D eigenvalue weighted by Gasteiger charge is -2.18. The SMILES string of the molecule is CCN(CC)CCNc1nc(Nc2ccccc2C)c2cnn(C)c2n1. The third kappa shape index (κ3) is 3.94. The Labute approximate surface area is 154 Å². The van der Waals surface area contributed by atoms with Gasteiger partial charge in [-0.1, -0.05) is 32.0 Å². The van der Waals surface area contributed by atoms with Crippen LogP contribution in [0.2, 0.25) is 0 Å². The summed E-state index contributed by atoms with van der Waals surface area (Å²) in [7, 11) is 1.90. The fourth-order valence-electron chi connectivity index (χ4n) is 2.90. The molecule has 0 amide bonds. The second-order valence-electron chi connectivity index (χ2n) is 6.29. The molecule has 1 aromatic carbocycles. The number of fused-ring (bicyclic) bond motifs is 1. The first kappa shape index (κ1) is 18.1. The van der Waals surface area contributed by atoms with Crippen LogP contribution in [0.15, 0.2) is 30.5 Å². The minimum atomic E-state index is 0.615. The Morgan fingerprint density at radius 1 is 1.12 bits per heavy atom. The van der Waals surface area contributed by atoms with E-state index in [4.69, 9.17) is 4.98 Å². The summed E-state index contributed by atoms with van der Waals surface area (Å²) in [6.07, 6.45) is 1.80. The Morgan fingerprint density at radius 3 is 2.62 bits per heavy atom. The molecule has 7 heteroatoms. The number of likely N-dealkylation sites (N-methyl/N-ethyl adjacent to an activating group) is 1. The van der Waals surface area contributed by atoms with Gasteiger partial charge >= 0.3 is 0 Å². The van der Waals surface area contributed by atoms with Crippen molar-refractivity contribution in [1.82, 2.24) is 24.6 Å². The number of nitrogens with one attached hydrogen (secondary N) is 2. The van der Waals surface area contributed by atoms with Crippen molar-refractivity contribution in [2.75, 3.05) is 36.8 Å². The molecule has 2 N–H and O–H groups in total. The summed E-state index contributed by atoms with van der Waals surface area (Å²) in [4.78, 5) is 11.7. The molecule has 7 nitrogen and oxygen atoms in total. The molecule has 0 radical (unpaired) electrons. The molecule has 0 unspecified atom stereocenters. The van der Waals surface area contributed by atoms with Crippen molar-refractivity contribution in [1.29, 1.82) is 0 Å². The zero-order valence-electron chi connectivity index (χ0n) is 16.0. The third-order valence-corrected chi connectivity index (χ3v) is 4.60. The number of rotatable bonds is 8. The predicted molar refractivity (Wildman–Crippen MR) is 107 cm³/mol. The molecular weight excluding hydrogens is 326 g/mol. The molecule has 2 aromatic heterocycles. The number of nitrogens with zero attached hydrogens (tertiary/aromatic N) is 5. The Hall–Kier alpha value is -2.67. The van der Waals surface area contributed by atoms with Gasteiger partial charge < -0.3 is 15.5 Å². The average molecular weight is 353 g/mol. The van der Waals surface area contributed by atoms with E-state index in [1.54, 1.807) is 10.9 Å². The maximum atomic E-state index is 4.69. The second-order valence-corrected chi connectivity index (χ2v) is 6.29. The Kier molecular flexibility index (Phi) is 5.68. The quantitative estimate of drug-likeness (QED) is 0.648. The van der Waals surface area contributed by atoms with Crippen LogP contribution in [0.4, 0.5) is 17.5 Å².